The van der Waals surface area contributed by atoms with Crippen molar-refractivity contribution in [1.82, 2.24) is 4.90 Å². The number of fused-ring (bicyclic) bond motifs is 1. The summed E-state index contributed by atoms with van der Waals surface area (Å²) < 4.78 is 10.8. The van der Waals surface area contributed by atoms with Crippen LogP contribution >= 0.6 is 0 Å². The number of hydrogen-bond donors (Lipinski definition) is 0. The highest BCUT2D eigenvalue weighted by atomic mass is 16.5. The minimum atomic E-state index is -0.417. The van der Waals surface area contributed by atoms with E-state index >= 15 is 0 Å². The van der Waals surface area contributed by atoms with Gasteiger partial charge in [-0.1, -0.05) is 30.3 Å². The lowest BCUT2D eigenvalue weighted by Gasteiger charge is -2.27. The smallest absolute Gasteiger partial charge is 0.336 e. The van der Waals surface area contributed by atoms with Crippen LogP contribution in [0.1, 0.15) is 19.4 Å². The van der Waals surface area contributed by atoms with Gasteiger partial charge in [-0.2, -0.15) is 0 Å². The van der Waals surface area contributed by atoms with E-state index in [1.807, 2.05) is 44.2 Å². The Bertz CT molecular complexity index is 947. The molecule has 0 fully saturated rings. The second-order valence-corrected chi connectivity index (χ2v) is 6.34. The van der Waals surface area contributed by atoms with Gasteiger partial charge in [-0.25, -0.2) is 4.79 Å². The Hall–Kier alpha value is -3.08. The molecule has 0 radical (unpaired) electrons. The zero-order valence-electron chi connectivity index (χ0n) is 14.8. The molecule has 1 heterocycles. The number of ether oxygens (including phenoxy) is 1. The van der Waals surface area contributed by atoms with E-state index in [1.165, 1.54) is 6.07 Å². The fourth-order valence-corrected chi connectivity index (χ4v) is 2.70. The predicted octanol–water partition coefficient (Wildman–Crippen LogP) is 3.61. The number of carbonyl (C=O) groups is 1. The topological polar surface area (TPSA) is 59.8 Å². The van der Waals surface area contributed by atoms with Crippen LogP contribution in [0.2, 0.25) is 0 Å². The normalized spacial score (nSPS) is 10.9. The highest BCUT2D eigenvalue weighted by Gasteiger charge is 2.18. The molecule has 0 aliphatic heterocycles. The second kappa shape index (κ2) is 7.87. The van der Waals surface area contributed by atoms with Crippen LogP contribution in [-0.4, -0.2) is 23.5 Å². The molecule has 1 amide bonds. The fourth-order valence-electron chi connectivity index (χ4n) is 2.70. The van der Waals surface area contributed by atoms with Crippen LogP contribution in [0.15, 0.2) is 69.9 Å². The molecule has 5 heteroatoms. The standard InChI is InChI=1S/C21H21NO4/c1-15(2)22(13-16-6-4-3-5-7-16)20(23)14-25-18-10-8-17-9-11-21(24)26-19(17)12-18/h3-12,15H,13-14H2,1-2H3. The lowest BCUT2D eigenvalue weighted by Crippen LogP contribution is -2.39. The predicted molar refractivity (Wildman–Crippen MR) is 100 cm³/mol. The Kier molecular flexibility index (Phi) is 5.37. The first-order valence-electron chi connectivity index (χ1n) is 8.53. The van der Waals surface area contributed by atoms with Gasteiger partial charge in [0.25, 0.3) is 5.91 Å². The van der Waals surface area contributed by atoms with E-state index in [9.17, 15) is 9.59 Å². The van der Waals surface area contributed by atoms with E-state index in [0.29, 0.717) is 17.9 Å². The van der Waals surface area contributed by atoms with Gasteiger partial charge in [-0.15, -0.1) is 0 Å². The maximum Gasteiger partial charge on any atom is 0.336 e. The SMILES string of the molecule is CC(C)N(Cc1ccccc1)C(=O)COc1ccc2ccc(=O)oc2c1. The van der Waals surface area contributed by atoms with Gasteiger partial charge in [0, 0.05) is 30.1 Å². The van der Waals surface area contributed by atoms with Crippen LogP contribution in [-0.2, 0) is 11.3 Å². The molecule has 0 unspecified atom stereocenters. The van der Waals surface area contributed by atoms with E-state index in [1.54, 1.807) is 29.2 Å². The highest BCUT2D eigenvalue weighted by molar-refractivity contribution is 5.79. The summed E-state index contributed by atoms with van der Waals surface area (Å²) in [6, 6.07) is 18.1. The summed E-state index contributed by atoms with van der Waals surface area (Å²) >= 11 is 0. The lowest BCUT2D eigenvalue weighted by molar-refractivity contribution is -0.135. The molecule has 134 valence electrons. The average molecular weight is 351 g/mol. The minimum Gasteiger partial charge on any atom is -0.484 e. The van der Waals surface area contributed by atoms with Crippen LogP contribution in [0.25, 0.3) is 11.0 Å². The zero-order valence-corrected chi connectivity index (χ0v) is 14.8. The lowest BCUT2D eigenvalue weighted by atomic mass is 10.2. The summed E-state index contributed by atoms with van der Waals surface area (Å²) in [6.45, 7) is 4.41. The van der Waals surface area contributed by atoms with Crippen molar-refractivity contribution in [1.29, 1.82) is 0 Å². The van der Waals surface area contributed by atoms with Crippen LogP contribution in [0.3, 0.4) is 0 Å². The molecule has 0 N–H and O–H groups in total. The molecule has 2 aromatic carbocycles. The van der Waals surface area contributed by atoms with E-state index in [2.05, 4.69) is 0 Å². The Balaban J connectivity index is 1.69. The molecule has 0 bridgehead atoms. The molecular weight excluding hydrogens is 330 g/mol. The van der Waals surface area contributed by atoms with Crippen molar-refractivity contribution in [2.24, 2.45) is 0 Å². The molecule has 0 aliphatic carbocycles. The highest BCUT2D eigenvalue weighted by Crippen LogP contribution is 2.19. The quantitative estimate of drug-likeness (QED) is 0.637. The average Bonchev–Trinajstić information content (AvgIpc) is 2.64. The maximum atomic E-state index is 12.6. The first-order chi connectivity index (χ1) is 12.5. The first kappa shape index (κ1) is 17.7. The Morgan fingerprint density at radius 3 is 2.54 bits per heavy atom. The Morgan fingerprint density at radius 2 is 1.81 bits per heavy atom. The number of amides is 1. The number of rotatable bonds is 6. The molecule has 0 spiro atoms. The van der Waals surface area contributed by atoms with Crippen LogP contribution < -0.4 is 10.4 Å². The van der Waals surface area contributed by atoms with Crippen LogP contribution in [0.5, 0.6) is 5.75 Å². The summed E-state index contributed by atoms with van der Waals surface area (Å²) in [6.07, 6.45) is 0. The summed E-state index contributed by atoms with van der Waals surface area (Å²) in [5.41, 5.74) is 1.09. The maximum absolute atomic E-state index is 12.6. The molecule has 26 heavy (non-hydrogen) atoms. The van der Waals surface area contributed by atoms with Gasteiger partial charge in [-0.05, 0) is 37.6 Å². The Morgan fingerprint density at radius 1 is 1.08 bits per heavy atom. The number of carbonyl (C=O) groups excluding carboxylic acids is 1. The van der Waals surface area contributed by atoms with Gasteiger partial charge in [0.2, 0.25) is 0 Å². The Labute approximate surface area is 151 Å². The second-order valence-electron chi connectivity index (χ2n) is 6.34. The molecule has 5 nitrogen and oxygen atoms in total. The number of benzene rings is 2. The van der Waals surface area contributed by atoms with Gasteiger partial charge in [-0.3, -0.25) is 4.79 Å². The van der Waals surface area contributed by atoms with Crippen molar-refractivity contribution in [3.05, 3.63) is 76.6 Å². The van der Waals surface area contributed by atoms with Crippen molar-refractivity contribution in [3.63, 3.8) is 0 Å². The van der Waals surface area contributed by atoms with Gasteiger partial charge >= 0.3 is 5.63 Å². The number of nitrogens with zero attached hydrogens (tertiary/aromatic N) is 1. The van der Waals surface area contributed by atoms with E-state index in [-0.39, 0.29) is 18.6 Å². The summed E-state index contributed by atoms with van der Waals surface area (Å²) in [7, 11) is 0. The van der Waals surface area contributed by atoms with Crippen molar-refractivity contribution < 1.29 is 13.9 Å². The van der Waals surface area contributed by atoms with Crippen LogP contribution in [0, 0.1) is 0 Å². The third-order valence-electron chi connectivity index (χ3n) is 4.10. The van der Waals surface area contributed by atoms with E-state index in [4.69, 9.17) is 9.15 Å². The minimum absolute atomic E-state index is 0.0564. The van der Waals surface area contributed by atoms with E-state index in [0.717, 1.165) is 10.9 Å². The molecule has 3 rings (SSSR count). The molecule has 0 atom stereocenters. The molecule has 0 saturated carbocycles. The van der Waals surface area contributed by atoms with Crippen molar-refractivity contribution in [2.45, 2.75) is 26.4 Å². The van der Waals surface area contributed by atoms with E-state index < -0.39 is 5.63 Å². The third-order valence-corrected chi connectivity index (χ3v) is 4.10. The first-order valence-corrected chi connectivity index (χ1v) is 8.53. The van der Waals surface area contributed by atoms with Gasteiger partial charge < -0.3 is 14.1 Å². The molecule has 3 aromatic rings. The zero-order chi connectivity index (χ0) is 18.5. The van der Waals surface area contributed by atoms with Crippen LogP contribution in [0.4, 0.5) is 0 Å². The number of hydrogen-bond acceptors (Lipinski definition) is 4. The molecular formula is C21H21NO4. The van der Waals surface area contributed by atoms with Gasteiger partial charge in [0.15, 0.2) is 6.61 Å². The van der Waals surface area contributed by atoms with Gasteiger partial charge in [0.1, 0.15) is 11.3 Å². The van der Waals surface area contributed by atoms with Crippen molar-refractivity contribution >= 4 is 16.9 Å². The summed E-state index contributed by atoms with van der Waals surface area (Å²) in [5.74, 6) is 0.391. The summed E-state index contributed by atoms with van der Waals surface area (Å²) in [5, 5.41) is 0.802. The van der Waals surface area contributed by atoms with Gasteiger partial charge in [0.05, 0.1) is 0 Å². The molecule has 1 aromatic heterocycles. The van der Waals surface area contributed by atoms with Crippen molar-refractivity contribution in [2.75, 3.05) is 6.61 Å². The fraction of sp³-hybridized carbons (Fsp3) is 0.238. The summed E-state index contributed by atoms with van der Waals surface area (Å²) in [4.78, 5) is 25.7. The van der Waals surface area contributed by atoms with Crippen molar-refractivity contribution in [3.8, 4) is 5.75 Å². The third kappa shape index (κ3) is 4.30. The molecule has 0 aliphatic rings. The molecule has 0 saturated heterocycles. The largest absolute Gasteiger partial charge is 0.484 e. The monoisotopic (exact) mass is 351 g/mol.